The molecule has 0 spiro atoms. The lowest BCUT2D eigenvalue weighted by molar-refractivity contribution is -0.0204. The molecule has 5 rings (SSSR count). The van der Waals surface area contributed by atoms with Crippen molar-refractivity contribution in [3.63, 3.8) is 0 Å². The zero-order valence-corrected chi connectivity index (χ0v) is 17.5. The van der Waals surface area contributed by atoms with Gasteiger partial charge in [0.15, 0.2) is 0 Å². The summed E-state index contributed by atoms with van der Waals surface area (Å²) in [6, 6.07) is 15.6. The first kappa shape index (κ1) is 18.3. The lowest BCUT2D eigenvalue weighted by atomic mass is 9.97. The Bertz CT molecular complexity index is 1080. The molecule has 0 fully saturated rings. The molecule has 2 aromatic carbocycles. The van der Waals surface area contributed by atoms with Gasteiger partial charge in [-0.2, -0.15) is 5.10 Å². The van der Waals surface area contributed by atoms with Gasteiger partial charge in [0.2, 0.25) is 6.23 Å². The fraction of sp³-hybridized carbons (Fsp3) is 0.227. The molecular formula is C22H19ClN2O3S. The monoisotopic (exact) mass is 426 g/mol. The summed E-state index contributed by atoms with van der Waals surface area (Å²) in [6.07, 6.45) is 0.358. The van der Waals surface area contributed by atoms with Gasteiger partial charge in [0.1, 0.15) is 17.2 Å². The average Bonchev–Trinajstić information content (AvgIpc) is 3.42. The number of hydrogen-bond donors (Lipinski definition) is 0. The maximum atomic E-state index is 6.42. The summed E-state index contributed by atoms with van der Waals surface area (Å²) in [7, 11) is 3.31. The number of hydrazone groups is 1. The molecule has 29 heavy (non-hydrogen) atoms. The Balaban J connectivity index is 1.65. The van der Waals surface area contributed by atoms with E-state index in [0.29, 0.717) is 5.02 Å². The summed E-state index contributed by atoms with van der Waals surface area (Å²) >= 11 is 7.99. The zero-order valence-electron chi connectivity index (χ0n) is 16.0. The largest absolute Gasteiger partial charge is 0.497 e. The van der Waals surface area contributed by atoms with E-state index in [1.165, 1.54) is 4.88 Å². The van der Waals surface area contributed by atoms with Crippen molar-refractivity contribution in [2.45, 2.75) is 18.7 Å². The molecule has 0 aliphatic carbocycles. The minimum atomic E-state index is -0.434. The number of nitrogens with zero attached hydrogens (tertiary/aromatic N) is 2. The van der Waals surface area contributed by atoms with Crippen LogP contribution in [0.3, 0.4) is 0 Å². The third kappa shape index (κ3) is 3.12. The van der Waals surface area contributed by atoms with Crippen LogP contribution in [0.5, 0.6) is 17.2 Å². The first-order valence-electron chi connectivity index (χ1n) is 9.25. The number of rotatable bonds is 4. The Morgan fingerprint density at radius 2 is 2.00 bits per heavy atom. The van der Waals surface area contributed by atoms with Gasteiger partial charge in [0.05, 0.1) is 36.4 Å². The summed E-state index contributed by atoms with van der Waals surface area (Å²) in [5.41, 5.74) is 2.97. The maximum Gasteiger partial charge on any atom is 0.217 e. The van der Waals surface area contributed by atoms with Crippen molar-refractivity contribution < 1.29 is 14.2 Å². The van der Waals surface area contributed by atoms with E-state index in [1.807, 2.05) is 47.5 Å². The summed E-state index contributed by atoms with van der Waals surface area (Å²) in [5.74, 6) is 2.28. The normalized spacial score (nSPS) is 19.8. The van der Waals surface area contributed by atoms with Gasteiger partial charge in [-0.05, 0) is 47.8 Å². The Morgan fingerprint density at radius 1 is 1.10 bits per heavy atom. The van der Waals surface area contributed by atoms with E-state index in [0.717, 1.165) is 40.5 Å². The van der Waals surface area contributed by atoms with Crippen LogP contribution in [0.15, 0.2) is 59.0 Å². The van der Waals surface area contributed by atoms with Gasteiger partial charge in [-0.3, -0.25) is 0 Å². The number of methoxy groups -OCH3 is 2. The van der Waals surface area contributed by atoms with Crippen LogP contribution in [0.4, 0.5) is 0 Å². The molecule has 0 radical (unpaired) electrons. The molecule has 0 amide bonds. The molecule has 0 N–H and O–H groups in total. The summed E-state index contributed by atoms with van der Waals surface area (Å²) in [6.45, 7) is 0. The van der Waals surface area contributed by atoms with Crippen LogP contribution in [-0.2, 0) is 0 Å². The molecule has 2 aliphatic heterocycles. The number of hydrogen-bond acceptors (Lipinski definition) is 6. The predicted octanol–water partition coefficient (Wildman–Crippen LogP) is 5.66. The van der Waals surface area contributed by atoms with Crippen molar-refractivity contribution in [2.24, 2.45) is 5.10 Å². The van der Waals surface area contributed by atoms with Crippen molar-refractivity contribution in [3.05, 3.63) is 74.9 Å². The van der Waals surface area contributed by atoms with Crippen molar-refractivity contribution >= 4 is 28.6 Å². The number of ether oxygens (including phenoxy) is 3. The fourth-order valence-electron chi connectivity index (χ4n) is 3.89. The molecular weight excluding hydrogens is 408 g/mol. The molecule has 148 valence electrons. The Hall–Kier alpha value is -2.70. The van der Waals surface area contributed by atoms with Gasteiger partial charge < -0.3 is 14.2 Å². The summed E-state index contributed by atoms with van der Waals surface area (Å²) in [5, 5.41) is 9.74. The zero-order chi connectivity index (χ0) is 20.0. The van der Waals surface area contributed by atoms with Crippen LogP contribution in [-0.4, -0.2) is 24.9 Å². The quantitative estimate of drug-likeness (QED) is 0.539. The van der Waals surface area contributed by atoms with Crippen LogP contribution >= 0.6 is 22.9 Å². The third-order valence-electron chi connectivity index (χ3n) is 5.26. The number of fused-ring (bicyclic) bond motifs is 3. The highest BCUT2D eigenvalue weighted by Crippen LogP contribution is 2.50. The van der Waals surface area contributed by atoms with Crippen molar-refractivity contribution in [3.8, 4) is 17.2 Å². The van der Waals surface area contributed by atoms with Crippen LogP contribution in [0.2, 0.25) is 5.02 Å². The van der Waals surface area contributed by atoms with E-state index < -0.39 is 6.23 Å². The van der Waals surface area contributed by atoms with Gasteiger partial charge in [-0.1, -0.05) is 17.7 Å². The molecule has 3 aromatic rings. The molecule has 0 saturated carbocycles. The Kier molecular flexibility index (Phi) is 4.60. The van der Waals surface area contributed by atoms with Gasteiger partial charge >= 0.3 is 0 Å². The van der Waals surface area contributed by atoms with Crippen molar-refractivity contribution in [2.75, 3.05) is 14.2 Å². The van der Waals surface area contributed by atoms with Gasteiger partial charge in [-0.25, -0.2) is 5.01 Å². The standard InChI is InChI=1S/C22H19ClN2O3S/c1-26-14-6-8-19(27-2)16(11-14)22-25-18(12-17(24-25)21-4-3-9-29-21)15-10-13(23)5-7-20(15)28-22/h3-11,18,22H,12H2,1-2H3/t18-,22+/m0/s1. The van der Waals surface area contributed by atoms with E-state index in [1.54, 1.807) is 25.6 Å². The lowest BCUT2D eigenvalue weighted by Crippen LogP contribution is -2.34. The van der Waals surface area contributed by atoms with E-state index >= 15 is 0 Å². The third-order valence-corrected chi connectivity index (χ3v) is 6.41. The topological polar surface area (TPSA) is 43.3 Å². The second-order valence-electron chi connectivity index (χ2n) is 6.88. The molecule has 0 saturated heterocycles. The van der Waals surface area contributed by atoms with Gasteiger partial charge in [0.25, 0.3) is 0 Å². The summed E-state index contributed by atoms with van der Waals surface area (Å²) < 4.78 is 17.5. The predicted molar refractivity (Wildman–Crippen MR) is 114 cm³/mol. The molecule has 1 aromatic heterocycles. The second-order valence-corrected chi connectivity index (χ2v) is 8.27. The molecule has 0 unspecified atom stereocenters. The van der Waals surface area contributed by atoms with E-state index in [4.69, 9.17) is 30.9 Å². The van der Waals surface area contributed by atoms with Gasteiger partial charge in [0, 0.05) is 17.0 Å². The Morgan fingerprint density at radius 3 is 2.76 bits per heavy atom. The molecule has 0 bridgehead atoms. The van der Waals surface area contributed by atoms with Crippen LogP contribution in [0, 0.1) is 0 Å². The molecule has 2 aliphatic rings. The van der Waals surface area contributed by atoms with Crippen molar-refractivity contribution in [1.82, 2.24) is 5.01 Å². The molecule has 5 nitrogen and oxygen atoms in total. The number of halogens is 1. The molecule has 3 heterocycles. The minimum Gasteiger partial charge on any atom is -0.497 e. The first-order valence-corrected chi connectivity index (χ1v) is 10.5. The smallest absolute Gasteiger partial charge is 0.217 e. The highest BCUT2D eigenvalue weighted by atomic mass is 35.5. The Labute approximate surface area is 178 Å². The SMILES string of the molecule is COc1ccc(OC)c([C@H]2Oc3ccc(Cl)cc3[C@@H]3CC(c4cccs4)=NN23)c1. The molecule has 2 atom stereocenters. The second kappa shape index (κ2) is 7.28. The molecule has 7 heteroatoms. The summed E-state index contributed by atoms with van der Waals surface area (Å²) in [4.78, 5) is 1.17. The average molecular weight is 427 g/mol. The van der Waals surface area contributed by atoms with Crippen LogP contribution in [0.25, 0.3) is 0 Å². The minimum absolute atomic E-state index is 0.0375. The highest BCUT2D eigenvalue weighted by molar-refractivity contribution is 7.12. The van der Waals surface area contributed by atoms with E-state index in [-0.39, 0.29) is 6.04 Å². The van der Waals surface area contributed by atoms with Crippen LogP contribution < -0.4 is 14.2 Å². The van der Waals surface area contributed by atoms with Crippen molar-refractivity contribution in [1.29, 1.82) is 0 Å². The first-order chi connectivity index (χ1) is 14.2. The number of thiophene rings is 1. The fourth-order valence-corrected chi connectivity index (χ4v) is 4.79. The lowest BCUT2D eigenvalue weighted by Gasteiger charge is -2.38. The van der Waals surface area contributed by atoms with Crippen LogP contribution in [0.1, 0.15) is 34.7 Å². The highest BCUT2D eigenvalue weighted by Gasteiger charge is 2.42. The van der Waals surface area contributed by atoms with E-state index in [2.05, 4.69) is 11.4 Å². The van der Waals surface area contributed by atoms with E-state index in [9.17, 15) is 0 Å². The van der Waals surface area contributed by atoms with Gasteiger partial charge in [-0.15, -0.1) is 11.3 Å². The maximum absolute atomic E-state index is 6.42. The number of benzene rings is 2.